The van der Waals surface area contributed by atoms with Crippen molar-refractivity contribution < 1.29 is 9.50 Å². The molecule has 5 rings (SSSR count). The Labute approximate surface area is 174 Å². The van der Waals surface area contributed by atoms with E-state index in [1.807, 2.05) is 12.1 Å². The summed E-state index contributed by atoms with van der Waals surface area (Å²) in [7, 11) is 0. The van der Waals surface area contributed by atoms with Crippen molar-refractivity contribution in [2.75, 3.05) is 18.4 Å². The smallest absolute Gasteiger partial charge is 0.188 e. The third-order valence-electron chi connectivity index (χ3n) is 6.42. The molecule has 0 bridgehead atoms. The summed E-state index contributed by atoms with van der Waals surface area (Å²) in [5, 5.41) is 26.7. The molecule has 30 heavy (non-hydrogen) atoms. The second-order valence-electron chi connectivity index (χ2n) is 8.37. The number of anilines is 1. The monoisotopic (exact) mass is 410 g/mol. The number of rotatable bonds is 4. The van der Waals surface area contributed by atoms with Gasteiger partial charge in [0.15, 0.2) is 11.5 Å². The summed E-state index contributed by atoms with van der Waals surface area (Å²) < 4.78 is 15.8. The van der Waals surface area contributed by atoms with Crippen LogP contribution in [0, 0.1) is 5.82 Å². The van der Waals surface area contributed by atoms with Crippen molar-refractivity contribution in [2.24, 2.45) is 0 Å². The summed E-state index contributed by atoms with van der Waals surface area (Å²) in [5.74, 6) is 0.785. The van der Waals surface area contributed by atoms with E-state index in [1.54, 1.807) is 22.7 Å². The fourth-order valence-electron chi connectivity index (χ4n) is 4.78. The molecule has 3 heterocycles. The minimum Gasteiger partial charge on any atom is -0.391 e. The molecule has 2 aliphatic rings. The van der Waals surface area contributed by atoms with Crippen molar-refractivity contribution in [1.29, 1.82) is 0 Å². The largest absolute Gasteiger partial charge is 0.391 e. The second kappa shape index (κ2) is 8.28. The number of hydrogen-bond acceptors (Lipinski definition) is 6. The summed E-state index contributed by atoms with van der Waals surface area (Å²) in [5.41, 5.74) is 0.967. The molecule has 2 aromatic heterocycles. The van der Waals surface area contributed by atoms with Crippen LogP contribution in [0.25, 0.3) is 17.0 Å². The number of nitrogens with one attached hydrogen (secondary N) is 1. The van der Waals surface area contributed by atoms with Crippen LogP contribution in [0.3, 0.4) is 0 Å². The van der Waals surface area contributed by atoms with Gasteiger partial charge in [0.1, 0.15) is 11.6 Å². The Morgan fingerprint density at radius 2 is 1.77 bits per heavy atom. The lowest BCUT2D eigenvalue weighted by Crippen LogP contribution is -2.50. The number of likely N-dealkylation sites (tertiary alicyclic amines) is 1. The highest BCUT2D eigenvalue weighted by Crippen LogP contribution is 2.27. The van der Waals surface area contributed by atoms with E-state index >= 15 is 0 Å². The molecule has 3 aromatic rings. The first-order valence-corrected chi connectivity index (χ1v) is 10.8. The quantitative estimate of drug-likeness (QED) is 0.688. The molecule has 7 nitrogen and oxygen atoms in total. The third-order valence-corrected chi connectivity index (χ3v) is 6.42. The van der Waals surface area contributed by atoms with Crippen molar-refractivity contribution in [3.8, 4) is 11.4 Å². The molecule has 158 valence electrons. The molecule has 0 spiro atoms. The minimum atomic E-state index is -0.343. The maximum absolute atomic E-state index is 14.2. The van der Waals surface area contributed by atoms with Crippen molar-refractivity contribution >= 4 is 11.5 Å². The van der Waals surface area contributed by atoms with Crippen LogP contribution in [0.15, 0.2) is 36.4 Å². The summed E-state index contributed by atoms with van der Waals surface area (Å²) >= 11 is 0. The number of aromatic nitrogens is 4. The Kier molecular flexibility index (Phi) is 5.35. The van der Waals surface area contributed by atoms with E-state index in [0.29, 0.717) is 29.1 Å². The zero-order valence-electron chi connectivity index (χ0n) is 16.9. The van der Waals surface area contributed by atoms with E-state index in [0.717, 1.165) is 51.0 Å². The number of nitrogens with zero attached hydrogens (tertiary/aromatic N) is 5. The number of aliphatic hydroxyl groups excluding tert-OH is 1. The number of hydrogen-bond donors (Lipinski definition) is 2. The first kappa shape index (κ1) is 19.4. The Bertz CT molecular complexity index is 1020. The highest BCUT2D eigenvalue weighted by atomic mass is 19.1. The third kappa shape index (κ3) is 3.77. The van der Waals surface area contributed by atoms with Gasteiger partial charge in [-0.25, -0.2) is 4.39 Å². The molecule has 0 amide bonds. The number of piperidine rings is 1. The molecular weight excluding hydrogens is 383 g/mol. The van der Waals surface area contributed by atoms with E-state index in [4.69, 9.17) is 0 Å². The van der Waals surface area contributed by atoms with Gasteiger partial charge < -0.3 is 10.4 Å². The summed E-state index contributed by atoms with van der Waals surface area (Å²) in [4.78, 5) is 2.45. The summed E-state index contributed by atoms with van der Waals surface area (Å²) in [6.07, 6.45) is 6.21. The van der Waals surface area contributed by atoms with Crippen LogP contribution in [0.1, 0.15) is 38.5 Å². The Morgan fingerprint density at radius 3 is 2.57 bits per heavy atom. The lowest BCUT2D eigenvalue weighted by Gasteiger charge is -2.41. The van der Waals surface area contributed by atoms with Gasteiger partial charge in [-0.2, -0.15) is 4.52 Å². The molecule has 1 aromatic carbocycles. The van der Waals surface area contributed by atoms with E-state index in [2.05, 4.69) is 25.5 Å². The number of benzene rings is 1. The van der Waals surface area contributed by atoms with Crippen LogP contribution in [0.4, 0.5) is 10.2 Å². The van der Waals surface area contributed by atoms with Crippen LogP contribution < -0.4 is 5.32 Å². The molecular formula is C22H27FN6O. The topological polar surface area (TPSA) is 78.6 Å². The first-order valence-electron chi connectivity index (χ1n) is 10.8. The van der Waals surface area contributed by atoms with E-state index in [9.17, 15) is 9.50 Å². The molecule has 8 heteroatoms. The standard InChI is InChI=1S/C22H27FN6O/c23-17-6-2-1-5-16(17)22-26-25-21-10-9-20(27-29(21)22)24-15-11-13-28(14-12-15)18-7-3-4-8-19(18)30/h1-2,5-6,9-10,15,18-19,30H,3-4,7-8,11-14H2,(H,24,27). The van der Waals surface area contributed by atoms with Crippen LogP contribution in [0.2, 0.25) is 0 Å². The van der Waals surface area contributed by atoms with Crippen LogP contribution in [-0.4, -0.2) is 61.1 Å². The molecule has 0 radical (unpaired) electrons. The predicted molar refractivity (Wildman–Crippen MR) is 113 cm³/mol. The maximum Gasteiger partial charge on any atom is 0.188 e. The minimum absolute atomic E-state index is 0.183. The highest BCUT2D eigenvalue weighted by Gasteiger charge is 2.31. The molecule has 1 saturated heterocycles. The predicted octanol–water partition coefficient (Wildman–Crippen LogP) is 3.11. The summed E-state index contributed by atoms with van der Waals surface area (Å²) in [6.45, 7) is 1.96. The lowest BCUT2D eigenvalue weighted by molar-refractivity contribution is 0.00992. The van der Waals surface area contributed by atoms with Crippen LogP contribution in [0.5, 0.6) is 0 Å². The molecule has 2 N–H and O–H groups in total. The molecule has 1 saturated carbocycles. The fraction of sp³-hybridized carbons (Fsp3) is 0.500. The van der Waals surface area contributed by atoms with Crippen molar-refractivity contribution in [3.05, 3.63) is 42.2 Å². The second-order valence-corrected chi connectivity index (χ2v) is 8.37. The Morgan fingerprint density at radius 1 is 0.967 bits per heavy atom. The molecule has 2 atom stereocenters. The summed E-state index contributed by atoms with van der Waals surface area (Å²) in [6, 6.07) is 10.9. The average Bonchev–Trinajstić information content (AvgIpc) is 3.18. The average molecular weight is 410 g/mol. The molecule has 1 aliphatic carbocycles. The van der Waals surface area contributed by atoms with E-state index in [-0.39, 0.29) is 11.9 Å². The SMILES string of the molecule is OC1CCCCC1N1CCC(Nc2ccc3nnc(-c4ccccc4F)n3n2)CC1. The van der Waals surface area contributed by atoms with Crippen LogP contribution >= 0.6 is 0 Å². The van der Waals surface area contributed by atoms with Gasteiger partial charge in [0.2, 0.25) is 0 Å². The van der Waals surface area contributed by atoms with Gasteiger partial charge in [-0.3, -0.25) is 4.90 Å². The van der Waals surface area contributed by atoms with Gasteiger partial charge >= 0.3 is 0 Å². The van der Waals surface area contributed by atoms with Gasteiger partial charge in [-0.15, -0.1) is 15.3 Å². The van der Waals surface area contributed by atoms with Crippen molar-refractivity contribution in [1.82, 2.24) is 24.7 Å². The molecule has 2 unspecified atom stereocenters. The van der Waals surface area contributed by atoms with Gasteiger partial charge in [-0.05, 0) is 49.9 Å². The lowest BCUT2D eigenvalue weighted by atomic mass is 9.89. The Hall–Kier alpha value is -2.58. The maximum atomic E-state index is 14.2. The van der Waals surface area contributed by atoms with Gasteiger partial charge in [0.05, 0.1) is 11.7 Å². The van der Waals surface area contributed by atoms with Gasteiger partial charge in [-0.1, -0.05) is 25.0 Å². The fourth-order valence-corrected chi connectivity index (χ4v) is 4.78. The highest BCUT2D eigenvalue weighted by molar-refractivity contribution is 5.60. The first-order chi connectivity index (χ1) is 14.7. The molecule has 1 aliphatic heterocycles. The van der Waals surface area contributed by atoms with E-state index in [1.165, 1.54) is 12.5 Å². The normalized spacial score (nSPS) is 23.7. The van der Waals surface area contributed by atoms with Crippen molar-refractivity contribution in [2.45, 2.75) is 56.7 Å². The molecule has 2 fully saturated rings. The number of fused-ring (bicyclic) bond motifs is 1. The van der Waals surface area contributed by atoms with Gasteiger partial charge in [0.25, 0.3) is 0 Å². The van der Waals surface area contributed by atoms with E-state index < -0.39 is 0 Å². The van der Waals surface area contributed by atoms with Crippen molar-refractivity contribution in [3.63, 3.8) is 0 Å². The number of aliphatic hydroxyl groups is 1. The zero-order chi connectivity index (χ0) is 20.5. The van der Waals surface area contributed by atoms with Gasteiger partial charge in [0, 0.05) is 25.2 Å². The Balaban J connectivity index is 1.28. The van der Waals surface area contributed by atoms with Crippen LogP contribution in [-0.2, 0) is 0 Å². The number of halogens is 1. The zero-order valence-corrected chi connectivity index (χ0v) is 16.9.